The van der Waals surface area contributed by atoms with Crippen molar-refractivity contribution < 1.29 is 38.1 Å². The fourth-order valence-corrected chi connectivity index (χ4v) is 3.54. The summed E-state index contributed by atoms with van der Waals surface area (Å²) in [7, 11) is 1.42. The second-order valence-corrected chi connectivity index (χ2v) is 7.51. The summed E-state index contributed by atoms with van der Waals surface area (Å²) in [5.41, 5.74) is 0.719. The molecule has 1 amide bonds. The number of halogens is 1. The Morgan fingerprint density at radius 3 is 2.03 bits per heavy atom. The van der Waals surface area contributed by atoms with Gasteiger partial charge in [-0.15, -0.1) is 0 Å². The molecular weight excluding hydrogens is 468 g/mol. The van der Waals surface area contributed by atoms with Gasteiger partial charge in [-0.05, 0) is 45.9 Å². The monoisotopic (exact) mass is 494 g/mol. The third-order valence-electron chi connectivity index (χ3n) is 4.77. The molecule has 0 atom stereocenters. The highest BCUT2D eigenvalue weighted by Crippen LogP contribution is 2.33. The molecule has 0 unspecified atom stereocenters. The smallest absolute Gasteiger partial charge is 0.337 e. The van der Waals surface area contributed by atoms with E-state index < -0.39 is 36.3 Å². The normalized spacial score (nSPS) is 13.7. The van der Waals surface area contributed by atoms with Crippen LogP contribution < -0.4 is 15.4 Å². The van der Waals surface area contributed by atoms with Crippen molar-refractivity contribution in [2.45, 2.75) is 27.7 Å². The molecule has 0 spiro atoms. The van der Waals surface area contributed by atoms with Gasteiger partial charge < -0.3 is 29.6 Å². The summed E-state index contributed by atoms with van der Waals surface area (Å²) in [5, 5.41) is 5.81. The van der Waals surface area contributed by atoms with Crippen LogP contribution in [0.2, 0.25) is 5.02 Å². The Bertz CT molecular complexity index is 1010. The van der Waals surface area contributed by atoms with E-state index in [0.717, 1.165) is 0 Å². The number of dihydropyridines is 1. The van der Waals surface area contributed by atoms with Gasteiger partial charge in [0.05, 0.1) is 37.2 Å². The lowest BCUT2D eigenvalue weighted by atomic mass is 9.85. The van der Waals surface area contributed by atoms with E-state index in [4.69, 9.17) is 30.5 Å². The molecule has 0 fully saturated rings. The Morgan fingerprint density at radius 2 is 1.53 bits per heavy atom. The molecule has 1 aliphatic heterocycles. The van der Waals surface area contributed by atoms with Gasteiger partial charge in [0.15, 0.2) is 6.61 Å². The zero-order valence-electron chi connectivity index (χ0n) is 19.6. The Labute approximate surface area is 202 Å². The van der Waals surface area contributed by atoms with Gasteiger partial charge in [0, 0.05) is 16.4 Å². The summed E-state index contributed by atoms with van der Waals surface area (Å²) in [4.78, 5) is 50.8. The quantitative estimate of drug-likeness (QED) is 0.393. The zero-order chi connectivity index (χ0) is 25.4. The van der Waals surface area contributed by atoms with Crippen molar-refractivity contribution in [1.29, 1.82) is 0 Å². The van der Waals surface area contributed by atoms with Gasteiger partial charge in [0.25, 0.3) is 5.91 Å². The maximum Gasteiger partial charge on any atom is 0.337 e. The molecular formula is C23H27ClN2O8. The molecule has 1 aliphatic rings. The van der Waals surface area contributed by atoms with Crippen molar-refractivity contribution in [1.82, 2.24) is 5.32 Å². The molecule has 10 nitrogen and oxygen atoms in total. The molecule has 0 radical (unpaired) electrons. The van der Waals surface area contributed by atoms with Crippen LogP contribution in [0, 0.1) is 5.92 Å². The second kappa shape index (κ2) is 12.1. The lowest BCUT2D eigenvalue weighted by Gasteiger charge is -2.28. The molecule has 2 N–H and O–H groups in total. The Morgan fingerprint density at radius 1 is 0.971 bits per heavy atom. The number of allylic oxidation sites excluding steroid dienone is 2. The maximum absolute atomic E-state index is 13.1. The standard InChI is InChI=1S/C23H27ClN2O8/c1-6-32-21(28)18-12(3)25-13(4)19(22(29)33-7-2)20(18)23(30)34-11-17(27)26-15-10-14(24)8-9-16(15)31-5/h8-10,20,25H,6-7,11H2,1-5H3,(H,26,27). The third kappa shape index (κ3) is 6.28. The van der Waals surface area contributed by atoms with Gasteiger partial charge in [-0.1, -0.05) is 11.6 Å². The minimum absolute atomic E-state index is 0.0543. The lowest BCUT2D eigenvalue weighted by Crippen LogP contribution is -2.39. The predicted octanol–water partition coefficient (Wildman–Crippen LogP) is 2.72. The molecule has 0 aliphatic carbocycles. The molecule has 0 saturated heterocycles. The number of methoxy groups -OCH3 is 1. The van der Waals surface area contributed by atoms with Gasteiger partial charge >= 0.3 is 17.9 Å². The van der Waals surface area contributed by atoms with Crippen LogP contribution in [-0.2, 0) is 33.4 Å². The van der Waals surface area contributed by atoms with Crippen molar-refractivity contribution in [2.75, 3.05) is 32.2 Å². The van der Waals surface area contributed by atoms with Gasteiger partial charge in [-0.2, -0.15) is 0 Å². The maximum atomic E-state index is 13.1. The molecule has 0 bridgehead atoms. The fraction of sp³-hybridized carbons (Fsp3) is 0.391. The molecule has 0 saturated carbocycles. The number of hydrogen-bond donors (Lipinski definition) is 2. The number of esters is 3. The van der Waals surface area contributed by atoms with Crippen molar-refractivity contribution >= 4 is 41.1 Å². The highest BCUT2D eigenvalue weighted by molar-refractivity contribution is 6.31. The fourth-order valence-electron chi connectivity index (χ4n) is 3.37. The van der Waals surface area contributed by atoms with Crippen molar-refractivity contribution in [3.63, 3.8) is 0 Å². The van der Waals surface area contributed by atoms with E-state index in [0.29, 0.717) is 22.2 Å². The molecule has 2 rings (SSSR count). The number of benzene rings is 1. The first kappa shape index (κ1) is 26.7. The lowest BCUT2D eigenvalue weighted by molar-refractivity contribution is -0.153. The van der Waals surface area contributed by atoms with Crippen LogP contribution in [0.1, 0.15) is 27.7 Å². The molecule has 1 aromatic rings. The average molecular weight is 495 g/mol. The summed E-state index contributed by atoms with van der Waals surface area (Å²) in [5.74, 6) is -4.34. The van der Waals surface area contributed by atoms with Crippen LogP contribution in [0.3, 0.4) is 0 Å². The van der Waals surface area contributed by atoms with Crippen LogP contribution in [-0.4, -0.2) is 50.7 Å². The van der Waals surface area contributed by atoms with E-state index in [1.165, 1.54) is 13.2 Å². The van der Waals surface area contributed by atoms with Gasteiger partial charge in [0.1, 0.15) is 11.7 Å². The number of ether oxygens (including phenoxy) is 4. The van der Waals surface area contributed by atoms with Crippen LogP contribution >= 0.6 is 11.6 Å². The molecule has 1 aromatic carbocycles. The van der Waals surface area contributed by atoms with Crippen LogP contribution in [0.5, 0.6) is 5.75 Å². The van der Waals surface area contributed by atoms with E-state index >= 15 is 0 Å². The number of anilines is 1. The topological polar surface area (TPSA) is 129 Å². The summed E-state index contributed by atoms with van der Waals surface area (Å²) < 4.78 is 20.5. The molecule has 0 aromatic heterocycles. The minimum Gasteiger partial charge on any atom is -0.495 e. The molecule has 184 valence electrons. The average Bonchev–Trinajstić information content (AvgIpc) is 2.77. The van der Waals surface area contributed by atoms with E-state index in [1.54, 1.807) is 39.8 Å². The first-order chi connectivity index (χ1) is 16.1. The van der Waals surface area contributed by atoms with E-state index in [9.17, 15) is 19.2 Å². The van der Waals surface area contributed by atoms with Gasteiger partial charge in [-0.3, -0.25) is 9.59 Å². The third-order valence-corrected chi connectivity index (χ3v) is 5.00. The van der Waals surface area contributed by atoms with Crippen molar-refractivity contribution in [3.8, 4) is 5.75 Å². The van der Waals surface area contributed by atoms with Gasteiger partial charge in [0.2, 0.25) is 0 Å². The first-order valence-electron chi connectivity index (χ1n) is 10.5. The first-order valence-corrected chi connectivity index (χ1v) is 10.8. The molecule has 34 heavy (non-hydrogen) atoms. The van der Waals surface area contributed by atoms with E-state index in [2.05, 4.69) is 10.6 Å². The summed E-state index contributed by atoms with van der Waals surface area (Å²) in [6.07, 6.45) is 0. The number of carbonyl (C=O) groups excluding carboxylic acids is 4. The zero-order valence-corrected chi connectivity index (χ0v) is 20.3. The number of carbonyl (C=O) groups is 4. The van der Waals surface area contributed by atoms with Gasteiger partial charge in [-0.25, -0.2) is 9.59 Å². The number of rotatable bonds is 9. The highest BCUT2D eigenvalue weighted by Gasteiger charge is 2.42. The number of nitrogens with one attached hydrogen (secondary N) is 2. The number of hydrogen-bond acceptors (Lipinski definition) is 9. The Kier molecular flexibility index (Phi) is 9.49. The van der Waals surface area contributed by atoms with Crippen LogP contribution in [0.4, 0.5) is 5.69 Å². The predicted molar refractivity (Wildman–Crippen MR) is 123 cm³/mol. The highest BCUT2D eigenvalue weighted by atomic mass is 35.5. The van der Waals surface area contributed by atoms with Crippen molar-refractivity contribution in [3.05, 3.63) is 45.8 Å². The Hall–Kier alpha value is -3.53. The summed E-state index contributed by atoms with van der Waals surface area (Å²) in [6, 6.07) is 4.63. The molecule has 11 heteroatoms. The van der Waals surface area contributed by atoms with Crippen LogP contribution in [0.15, 0.2) is 40.7 Å². The van der Waals surface area contributed by atoms with E-state index in [-0.39, 0.29) is 30.0 Å². The largest absolute Gasteiger partial charge is 0.495 e. The minimum atomic E-state index is -1.44. The molecule has 1 heterocycles. The number of amides is 1. The summed E-state index contributed by atoms with van der Waals surface area (Å²) in [6.45, 7) is 5.77. The Balaban J connectivity index is 2.28. The second-order valence-electron chi connectivity index (χ2n) is 7.08. The van der Waals surface area contributed by atoms with Crippen LogP contribution in [0.25, 0.3) is 0 Å². The van der Waals surface area contributed by atoms with Crippen molar-refractivity contribution in [2.24, 2.45) is 5.92 Å². The van der Waals surface area contributed by atoms with E-state index in [1.807, 2.05) is 0 Å². The SMILES string of the molecule is CCOC(=O)C1=C(C)NC(C)=C(C(=O)OCC)C1C(=O)OCC(=O)Nc1cc(Cl)ccc1OC. The summed E-state index contributed by atoms with van der Waals surface area (Å²) >= 11 is 5.96.